The van der Waals surface area contributed by atoms with Gasteiger partial charge in [0.25, 0.3) is 0 Å². The third-order valence-corrected chi connectivity index (χ3v) is 2.37. The van der Waals surface area contributed by atoms with Crippen molar-refractivity contribution in [2.24, 2.45) is 16.8 Å². The highest BCUT2D eigenvalue weighted by Gasteiger charge is 2.22. The Kier molecular flexibility index (Phi) is 2.19. The zero-order valence-corrected chi connectivity index (χ0v) is 7.77. The van der Waals surface area contributed by atoms with Crippen LogP contribution < -0.4 is 11.2 Å². The number of nitrogens with zero attached hydrogens (tertiary/aromatic N) is 1. The maximum Gasteiger partial charge on any atom is 0.0736 e. The second-order valence-electron chi connectivity index (χ2n) is 3.79. The van der Waals surface area contributed by atoms with E-state index in [2.05, 4.69) is 28.8 Å². The zero-order chi connectivity index (χ0) is 9.26. The molecule has 0 saturated heterocycles. The van der Waals surface area contributed by atoms with E-state index < -0.39 is 0 Å². The predicted molar refractivity (Wildman–Crippen MR) is 54.4 cm³/mol. The molecule has 0 spiro atoms. The summed E-state index contributed by atoms with van der Waals surface area (Å²) < 4.78 is 0. The van der Waals surface area contributed by atoms with Crippen LogP contribution in [0.4, 0.5) is 0 Å². The molecule has 3 nitrogen and oxygen atoms in total. The molecule has 1 aliphatic heterocycles. The lowest BCUT2D eigenvalue weighted by Crippen LogP contribution is -2.26. The van der Waals surface area contributed by atoms with Crippen LogP contribution in [0.3, 0.4) is 0 Å². The van der Waals surface area contributed by atoms with E-state index in [1.54, 1.807) is 0 Å². The van der Waals surface area contributed by atoms with Crippen molar-refractivity contribution in [2.45, 2.75) is 25.4 Å². The van der Waals surface area contributed by atoms with Crippen molar-refractivity contribution in [1.29, 1.82) is 0 Å². The van der Waals surface area contributed by atoms with Gasteiger partial charge in [0, 0.05) is 18.2 Å². The van der Waals surface area contributed by atoms with Gasteiger partial charge < -0.3 is 11.2 Å². The molecular weight excluding hydrogens is 162 g/mol. The molecule has 0 fully saturated rings. The molecule has 0 aromatic heterocycles. The molecule has 2 rings (SSSR count). The fourth-order valence-corrected chi connectivity index (χ4v) is 1.75. The van der Waals surface area contributed by atoms with Crippen LogP contribution in [0.2, 0.25) is 0 Å². The molecular formula is C10H15N3. The molecule has 3 heteroatoms. The molecule has 3 unspecified atom stereocenters. The largest absolute Gasteiger partial charge is 0.328 e. The summed E-state index contributed by atoms with van der Waals surface area (Å²) in [5, 5.41) is 4.04. The van der Waals surface area contributed by atoms with Gasteiger partial charge in [-0.3, -0.25) is 0 Å². The average Bonchev–Trinajstić information content (AvgIpc) is 2.49. The van der Waals surface area contributed by atoms with Crippen LogP contribution in [0.25, 0.3) is 0 Å². The highest BCUT2D eigenvalue weighted by atomic mass is 15.3. The minimum atomic E-state index is 0.235. The third-order valence-electron chi connectivity index (χ3n) is 2.37. The van der Waals surface area contributed by atoms with E-state index in [1.165, 1.54) is 5.57 Å². The first-order valence-corrected chi connectivity index (χ1v) is 4.69. The van der Waals surface area contributed by atoms with Crippen LogP contribution in [-0.2, 0) is 0 Å². The molecule has 1 aliphatic carbocycles. The van der Waals surface area contributed by atoms with Crippen molar-refractivity contribution in [2.75, 3.05) is 0 Å². The molecule has 1 heterocycles. The molecule has 2 aliphatic rings. The van der Waals surface area contributed by atoms with Crippen LogP contribution in [0.5, 0.6) is 0 Å². The molecule has 3 atom stereocenters. The van der Waals surface area contributed by atoms with Gasteiger partial charge in [0.15, 0.2) is 0 Å². The normalized spacial score (nSPS) is 32.3. The summed E-state index contributed by atoms with van der Waals surface area (Å²) in [6, 6.07) is 0.607. The second-order valence-corrected chi connectivity index (χ2v) is 3.79. The van der Waals surface area contributed by atoms with Gasteiger partial charge in [0.05, 0.1) is 6.04 Å². The third kappa shape index (κ3) is 1.80. The summed E-state index contributed by atoms with van der Waals surface area (Å²) in [4.78, 5) is 0. The summed E-state index contributed by atoms with van der Waals surface area (Å²) >= 11 is 0. The number of nitrogens with two attached hydrogens (primary N) is 1. The number of hydrogen-bond donors (Lipinski definition) is 2. The fraction of sp³-hybridized carbons (Fsp3) is 0.500. The van der Waals surface area contributed by atoms with Crippen molar-refractivity contribution in [1.82, 2.24) is 5.43 Å². The van der Waals surface area contributed by atoms with Gasteiger partial charge in [-0.1, -0.05) is 18.2 Å². The maximum absolute atomic E-state index is 5.74. The zero-order valence-electron chi connectivity index (χ0n) is 7.77. The van der Waals surface area contributed by atoms with Crippen LogP contribution in [0.1, 0.15) is 13.3 Å². The van der Waals surface area contributed by atoms with E-state index >= 15 is 0 Å². The highest BCUT2D eigenvalue weighted by Crippen LogP contribution is 2.21. The minimum absolute atomic E-state index is 0.235. The van der Waals surface area contributed by atoms with E-state index in [4.69, 9.17) is 5.73 Å². The van der Waals surface area contributed by atoms with E-state index in [0.29, 0.717) is 12.0 Å². The Balaban J connectivity index is 2.06. The van der Waals surface area contributed by atoms with E-state index in [0.717, 1.165) is 6.42 Å². The molecule has 0 amide bonds. The van der Waals surface area contributed by atoms with Crippen molar-refractivity contribution in [3.63, 3.8) is 0 Å². The summed E-state index contributed by atoms with van der Waals surface area (Å²) in [6.07, 6.45) is 9.46. The van der Waals surface area contributed by atoms with Gasteiger partial charge >= 0.3 is 0 Å². The maximum atomic E-state index is 5.74. The lowest BCUT2D eigenvalue weighted by molar-refractivity contribution is 0.612. The quantitative estimate of drug-likeness (QED) is 0.655. The van der Waals surface area contributed by atoms with Crippen LogP contribution >= 0.6 is 0 Å². The Morgan fingerprint density at radius 2 is 2.54 bits per heavy atom. The van der Waals surface area contributed by atoms with Crippen molar-refractivity contribution in [3.05, 3.63) is 23.8 Å². The Hall–Kier alpha value is -1.09. The molecule has 0 aromatic rings. The van der Waals surface area contributed by atoms with Gasteiger partial charge in [0.2, 0.25) is 0 Å². The molecule has 0 aromatic carbocycles. The Labute approximate surface area is 78.4 Å². The van der Waals surface area contributed by atoms with Crippen LogP contribution in [0, 0.1) is 5.92 Å². The first-order valence-electron chi connectivity index (χ1n) is 4.69. The van der Waals surface area contributed by atoms with E-state index in [9.17, 15) is 0 Å². The number of allylic oxidation sites excluding steroid dienone is 1. The number of hydrazone groups is 1. The fourth-order valence-electron chi connectivity index (χ4n) is 1.75. The summed E-state index contributed by atoms with van der Waals surface area (Å²) in [5.41, 5.74) is 10.1. The average molecular weight is 177 g/mol. The minimum Gasteiger partial charge on any atom is -0.328 e. The van der Waals surface area contributed by atoms with Crippen molar-refractivity contribution >= 4 is 6.21 Å². The topological polar surface area (TPSA) is 50.4 Å². The molecule has 70 valence electrons. The number of nitrogens with one attached hydrogen (secondary N) is 1. The first-order chi connectivity index (χ1) is 6.25. The van der Waals surface area contributed by atoms with Crippen LogP contribution in [0.15, 0.2) is 28.9 Å². The van der Waals surface area contributed by atoms with E-state index in [1.807, 2.05) is 13.1 Å². The molecule has 13 heavy (non-hydrogen) atoms. The monoisotopic (exact) mass is 177 g/mol. The van der Waals surface area contributed by atoms with Crippen LogP contribution in [-0.4, -0.2) is 18.3 Å². The van der Waals surface area contributed by atoms with Gasteiger partial charge in [0.1, 0.15) is 0 Å². The van der Waals surface area contributed by atoms with Gasteiger partial charge in [-0.25, -0.2) is 0 Å². The SMILES string of the molecule is CC(N)CC1=CC2C=NNC2C=C1. The molecule has 0 saturated carbocycles. The lowest BCUT2D eigenvalue weighted by Gasteiger charge is -2.18. The van der Waals surface area contributed by atoms with Gasteiger partial charge in [-0.2, -0.15) is 5.10 Å². The number of fused-ring (bicyclic) bond motifs is 1. The Morgan fingerprint density at radius 3 is 3.31 bits per heavy atom. The number of hydrogen-bond acceptors (Lipinski definition) is 3. The molecule has 0 radical (unpaired) electrons. The molecule has 0 bridgehead atoms. The Bertz CT molecular complexity index is 276. The van der Waals surface area contributed by atoms with Gasteiger partial charge in [-0.05, 0) is 18.9 Å². The second kappa shape index (κ2) is 3.34. The standard InChI is InChI=1S/C10H15N3/c1-7(11)4-8-2-3-10-9(5-8)6-12-13-10/h2-3,5-7,9-10,13H,4,11H2,1H3. The van der Waals surface area contributed by atoms with Crippen molar-refractivity contribution in [3.8, 4) is 0 Å². The van der Waals surface area contributed by atoms with E-state index in [-0.39, 0.29) is 6.04 Å². The lowest BCUT2D eigenvalue weighted by atomic mass is 9.91. The summed E-state index contributed by atoms with van der Waals surface area (Å²) in [5.74, 6) is 0.429. The smallest absolute Gasteiger partial charge is 0.0736 e. The van der Waals surface area contributed by atoms with Crippen molar-refractivity contribution < 1.29 is 0 Å². The summed E-state index contributed by atoms with van der Waals surface area (Å²) in [7, 11) is 0. The molecule has 3 N–H and O–H groups in total. The first kappa shape index (κ1) is 8.51. The highest BCUT2D eigenvalue weighted by molar-refractivity contribution is 5.68. The predicted octanol–water partition coefficient (Wildman–Crippen LogP) is 0.794. The van der Waals surface area contributed by atoms with Gasteiger partial charge in [-0.15, -0.1) is 0 Å². The Morgan fingerprint density at radius 1 is 1.69 bits per heavy atom. The number of rotatable bonds is 2. The summed E-state index contributed by atoms with van der Waals surface area (Å²) in [6.45, 7) is 2.03.